The lowest BCUT2D eigenvalue weighted by Gasteiger charge is -2.26. The summed E-state index contributed by atoms with van der Waals surface area (Å²) >= 11 is 1.88. The van der Waals surface area contributed by atoms with E-state index in [-0.39, 0.29) is 0 Å². The van der Waals surface area contributed by atoms with Gasteiger partial charge in [0.05, 0.1) is 11.0 Å². The highest BCUT2D eigenvalue weighted by molar-refractivity contribution is 7.26. The van der Waals surface area contributed by atoms with Gasteiger partial charge in [-0.2, -0.15) is 0 Å². The summed E-state index contributed by atoms with van der Waals surface area (Å²) in [5, 5.41) is 5.16. The smallest absolute Gasteiger partial charge is 0.0541 e. The summed E-state index contributed by atoms with van der Waals surface area (Å²) in [6.07, 6.45) is 0. The van der Waals surface area contributed by atoms with E-state index >= 15 is 0 Å². The first-order chi connectivity index (χ1) is 29.1. The van der Waals surface area contributed by atoms with Crippen LogP contribution in [0.1, 0.15) is 11.1 Å². The number of nitrogens with zero attached hydrogens (tertiary/aromatic N) is 2. The molecular weight excluding hydrogens is 733 g/mol. The van der Waals surface area contributed by atoms with E-state index in [9.17, 15) is 0 Å². The van der Waals surface area contributed by atoms with Crippen molar-refractivity contribution in [1.82, 2.24) is 4.57 Å². The first kappa shape index (κ1) is 35.0. The Kier molecular flexibility index (Phi) is 8.49. The van der Waals surface area contributed by atoms with Crippen molar-refractivity contribution in [3.63, 3.8) is 0 Å². The third-order valence-corrected chi connectivity index (χ3v) is 12.9. The second kappa shape index (κ2) is 14.3. The van der Waals surface area contributed by atoms with E-state index in [1.165, 1.54) is 92.2 Å². The molecule has 280 valence electrons. The zero-order chi connectivity index (χ0) is 39.5. The Bertz CT molecular complexity index is 3300. The summed E-state index contributed by atoms with van der Waals surface area (Å²) in [6.45, 7) is 4.35. The van der Waals surface area contributed by atoms with Gasteiger partial charge in [-0.15, -0.1) is 11.3 Å². The topological polar surface area (TPSA) is 8.17 Å². The number of para-hydroxylation sites is 1. The molecule has 0 aliphatic heterocycles. The molecular formula is C56H40N2S. The van der Waals surface area contributed by atoms with Gasteiger partial charge < -0.3 is 9.47 Å². The minimum Gasteiger partial charge on any atom is -0.311 e. The van der Waals surface area contributed by atoms with Gasteiger partial charge in [0.25, 0.3) is 0 Å². The second-order valence-electron chi connectivity index (χ2n) is 15.6. The number of hydrogen-bond donors (Lipinski definition) is 0. The van der Waals surface area contributed by atoms with E-state index in [1.807, 2.05) is 11.3 Å². The molecule has 0 radical (unpaired) electrons. The van der Waals surface area contributed by atoms with Gasteiger partial charge in [0, 0.05) is 53.7 Å². The molecule has 0 bridgehead atoms. The van der Waals surface area contributed by atoms with E-state index in [4.69, 9.17) is 0 Å². The monoisotopic (exact) mass is 772 g/mol. The Morgan fingerprint density at radius 1 is 0.373 bits per heavy atom. The number of benzene rings is 9. The highest BCUT2D eigenvalue weighted by Crippen LogP contribution is 2.42. The molecule has 59 heavy (non-hydrogen) atoms. The number of aryl methyl sites for hydroxylation is 2. The summed E-state index contributed by atoms with van der Waals surface area (Å²) in [5.74, 6) is 0. The van der Waals surface area contributed by atoms with Crippen LogP contribution in [0.15, 0.2) is 206 Å². The van der Waals surface area contributed by atoms with Crippen molar-refractivity contribution in [1.29, 1.82) is 0 Å². The number of fused-ring (bicyclic) bond motifs is 6. The van der Waals surface area contributed by atoms with E-state index in [2.05, 4.69) is 230 Å². The summed E-state index contributed by atoms with van der Waals surface area (Å²) < 4.78 is 5.06. The average Bonchev–Trinajstić information content (AvgIpc) is 3.83. The van der Waals surface area contributed by atoms with E-state index in [0.717, 1.165) is 17.1 Å². The minimum atomic E-state index is 1.10. The summed E-state index contributed by atoms with van der Waals surface area (Å²) in [5.41, 5.74) is 16.8. The van der Waals surface area contributed by atoms with Crippen LogP contribution in [0.5, 0.6) is 0 Å². The van der Waals surface area contributed by atoms with Crippen LogP contribution in [-0.4, -0.2) is 4.57 Å². The van der Waals surface area contributed by atoms with E-state index in [0.29, 0.717) is 0 Å². The number of aromatic nitrogens is 1. The number of thiophene rings is 1. The zero-order valence-electron chi connectivity index (χ0n) is 32.9. The third kappa shape index (κ3) is 6.19. The second-order valence-corrected chi connectivity index (χ2v) is 16.6. The van der Waals surface area contributed by atoms with Crippen LogP contribution < -0.4 is 4.90 Å². The van der Waals surface area contributed by atoms with Gasteiger partial charge in [-0.25, -0.2) is 0 Å². The Morgan fingerprint density at radius 3 is 1.59 bits per heavy atom. The van der Waals surface area contributed by atoms with Crippen molar-refractivity contribution in [3.8, 4) is 39.1 Å². The molecule has 2 aromatic heterocycles. The lowest BCUT2D eigenvalue weighted by Crippen LogP contribution is -2.09. The van der Waals surface area contributed by atoms with Crippen LogP contribution in [0.25, 0.3) is 81.0 Å². The fourth-order valence-electron chi connectivity index (χ4n) is 8.96. The van der Waals surface area contributed by atoms with Crippen molar-refractivity contribution in [2.75, 3.05) is 4.90 Å². The lowest BCUT2D eigenvalue weighted by atomic mass is 10.0. The molecule has 9 aromatic carbocycles. The van der Waals surface area contributed by atoms with E-state index < -0.39 is 0 Å². The van der Waals surface area contributed by atoms with Crippen LogP contribution in [0, 0.1) is 13.8 Å². The molecule has 0 N–H and O–H groups in total. The molecule has 0 atom stereocenters. The molecule has 0 aliphatic rings. The molecule has 0 saturated heterocycles. The Labute approximate surface area is 348 Å². The highest BCUT2D eigenvalue weighted by Gasteiger charge is 2.17. The normalized spacial score (nSPS) is 11.6. The Morgan fingerprint density at radius 2 is 0.898 bits per heavy atom. The number of anilines is 3. The van der Waals surface area contributed by atoms with Gasteiger partial charge in [-0.1, -0.05) is 133 Å². The van der Waals surface area contributed by atoms with Crippen LogP contribution >= 0.6 is 11.3 Å². The van der Waals surface area contributed by atoms with Crippen LogP contribution in [0.3, 0.4) is 0 Å². The maximum absolute atomic E-state index is 2.41. The maximum Gasteiger partial charge on any atom is 0.0541 e. The van der Waals surface area contributed by atoms with Gasteiger partial charge in [0.1, 0.15) is 0 Å². The van der Waals surface area contributed by atoms with Crippen LogP contribution in [0.2, 0.25) is 0 Å². The summed E-state index contributed by atoms with van der Waals surface area (Å²) in [6, 6.07) is 75.6. The molecule has 2 nitrogen and oxygen atoms in total. The van der Waals surface area contributed by atoms with Gasteiger partial charge in [-0.3, -0.25) is 0 Å². The van der Waals surface area contributed by atoms with Crippen molar-refractivity contribution >= 4 is 70.4 Å². The van der Waals surface area contributed by atoms with Gasteiger partial charge in [0.2, 0.25) is 0 Å². The largest absolute Gasteiger partial charge is 0.311 e. The van der Waals surface area contributed by atoms with Gasteiger partial charge >= 0.3 is 0 Å². The van der Waals surface area contributed by atoms with Crippen LogP contribution in [-0.2, 0) is 0 Å². The molecule has 11 aromatic rings. The average molecular weight is 773 g/mol. The number of hydrogen-bond acceptors (Lipinski definition) is 2. The zero-order valence-corrected chi connectivity index (χ0v) is 33.7. The summed E-state index contributed by atoms with van der Waals surface area (Å²) in [7, 11) is 0. The predicted octanol–water partition coefficient (Wildman–Crippen LogP) is 16.2. The third-order valence-electron chi connectivity index (χ3n) is 11.7. The quantitative estimate of drug-likeness (QED) is 0.157. The van der Waals surface area contributed by atoms with Gasteiger partial charge in [0.15, 0.2) is 0 Å². The maximum atomic E-state index is 2.41. The molecule has 0 aliphatic carbocycles. The molecule has 0 fully saturated rings. The lowest BCUT2D eigenvalue weighted by molar-refractivity contribution is 1.16. The van der Waals surface area contributed by atoms with Crippen molar-refractivity contribution in [3.05, 3.63) is 217 Å². The Balaban J connectivity index is 0.982. The Hall–Kier alpha value is -7.20. The molecule has 0 unspecified atom stereocenters. The summed E-state index contributed by atoms with van der Waals surface area (Å²) in [4.78, 5) is 2.36. The van der Waals surface area contributed by atoms with Crippen molar-refractivity contribution < 1.29 is 0 Å². The number of rotatable bonds is 7. The minimum absolute atomic E-state index is 1.10. The fourth-order valence-corrected chi connectivity index (χ4v) is 10.2. The first-order valence-electron chi connectivity index (χ1n) is 20.2. The molecule has 0 saturated carbocycles. The standard InChI is InChI=1S/C56H40N2S/c1-37-33-38(2)35-47(34-37)58-53-17-8-6-13-49(53)52-36-43(25-32-54(52)58)41-21-28-45(29-22-41)57(44-26-19-40(20-27-44)39-11-4-3-5-12-39)46-30-23-42(24-31-46)48-15-10-16-51-50-14-7-9-18-55(50)59-56(48)51/h3-36H,1-2H3. The van der Waals surface area contributed by atoms with E-state index in [1.54, 1.807) is 0 Å². The fraction of sp³-hybridized carbons (Fsp3) is 0.0357. The SMILES string of the molecule is Cc1cc(C)cc(-n2c3ccccc3c3cc(-c4ccc(N(c5ccc(-c6ccccc6)cc5)c5ccc(-c6cccc7c6sc6ccccc67)cc5)cc4)ccc32)c1. The van der Waals surface area contributed by atoms with Crippen LogP contribution in [0.4, 0.5) is 17.1 Å². The van der Waals surface area contributed by atoms with Crippen molar-refractivity contribution in [2.24, 2.45) is 0 Å². The predicted molar refractivity (Wildman–Crippen MR) is 254 cm³/mol. The molecule has 2 heterocycles. The first-order valence-corrected chi connectivity index (χ1v) is 21.1. The molecule has 0 amide bonds. The molecule has 11 rings (SSSR count). The molecule has 0 spiro atoms. The van der Waals surface area contributed by atoms with Crippen molar-refractivity contribution in [2.45, 2.75) is 13.8 Å². The van der Waals surface area contributed by atoms with Gasteiger partial charge in [-0.05, 0) is 131 Å². The highest BCUT2D eigenvalue weighted by atomic mass is 32.1. The molecule has 3 heteroatoms.